The van der Waals surface area contributed by atoms with E-state index < -0.39 is 0 Å². The molecule has 0 rings (SSSR count). The van der Waals surface area contributed by atoms with Crippen LogP contribution >= 0.6 is 0 Å². The third-order valence-corrected chi connectivity index (χ3v) is 1.92. The molecule has 0 heterocycles. The number of allylic oxidation sites excluding steroid dienone is 2. The fraction of sp³-hybridized carbons (Fsp3) is 0.667. The van der Waals surface area contributed by atoms with Crippen molar-refractivity contribution in [3.05, 3.63) is 23.8 Å². The van der Waals surface area contributed by atoms with E-state index in [2.05, 4.69) is 45.7 Å². The van der Waals surface area contributed by atoms with E-state index in [-0.39, 0.29) is 5.41 Å². The summed E-state index contributed by atoms with van der Waals surface area (Å²) in [6.45, 7) is 13.6. The Hall–Kier alpha value is -0.560. The fourth-order valence-electron chi connectivity index (χ4n) is 1.95. The summed E-state index contributed by atoms with van der Waals surface area (Å²) in [5.41, 5.74) is 2.84. The second kappa shape index (κ2) is 5.23. The Morgan fingerprint density at radius 3 is 2.23 bits per heavy atom. The smallest absolute Gasteiger partial charge is 0.00400 e. The summed E-state index contributed by atoms with van der Waals surface area (Å²) in [6, 6.07) is 0. The zero-order valence-corrected chi connectivity index (χ0v) is 9.70. The molecule has 0 aromatic carbocycles. The van der Waals surface area contributed by atoms with Gasteiger partial charge in [0.1, 0.15) is 0 Å². The molecule has 0 saturated carbocycles. The molecular weight excluding hydrogens is 158 g/mol. The number of rotatable bonds is 5. The average Bonchev–Trinajstić information content (AvgIpc) is 1.81. The van der Waals surface area contributed by atoms with Crippen LogP contribution in [0.4, 0.5) is 0 Å². The number of hydrogen-bond acceptors (Lipinski definition) is 1. The minimum Gasteiger partial charge on any atom is -0.319 e. The fourth-order valence-corrected chi connectivity index (χ4v) is 1.95. The van der Waals surface area contributed by atoms with E-state index in [4.69, 9.17) is 0 Å². The van der Waals surface area contributed by atoms with Gasteiger partial charge in [-0.1, -0.05) is 24.1 Å². The van der Waals surface area contributed by atoms with E-state index >= 15 is 0 Å². The average molecular weight is 181 g/mol. The molecule has 0 aliphatic carbocycles. The van der Waals surface area contributed by atoms with Gasteiger partial charge >= 0.3 is 0 Å². The van der Waals surface area contributed by atoms with Gasteiger partial charge in [0, 0.05) is 12.0 Å². The van der Waals surface area contributed by atoms with Gasteiger partial charge in [-0.15, -0.1) is 6.58 Å². The van der Waals surface area contributed by atoms with Gasteiger partial charge in [-0.2, -0.15) is 0 Å². The van der Waals surface area contributed by atoms with E-state index in [0.717, 1.165) is 13.0 Å². The predicted molar refractivity (Wildman–Crippen MR) is 60.9 cm³/mol. The molecule has 0 saturated heterocycles. The molecule has 0 aliphatic rings. The number of nitrogens with one attached hydrogen (secondary N) is 1. The van der Waals surface area contributed by atoms with Gasteiger partial charge in [-0.05, 0) is 34.2 Å². The molecule has 0 radical (unpaired) electrons. The molecule has 13 heavy (non-hydrogen) atoms. The normalized spacial score (nSPS) is 14.8. The third kappa shape index (κ3) is 5.64. The van der Waals surface area contributed by atoms with Crippen LogP contribution in [0.25, 0.3) is 0 Å². The van der Waals surface area contributed by atoms with Crippen LogP contribution in [0.5, 0.6) is 0 Å². The lowest BCUT2D eigenvalue weighted by molar-refractivity contribution is 0.402. The molecule has 1 heteroatoms. The van der Waals surface area contributed by atoms with Crippen molar-refractivity contribution in [3.8, 4) is 0 Å². The highest BCUT2D eigenvalue weighted by Gasteiger charge is 2.20. The van der Waals surface area contributed by atoms with Crippen LogP contribution in [0.15, 0.2) is 23.8 Å². The summed E-state index contributed by atoms with van der Waals surface area (Å²) in [5.74, 6) is 0. The molecule has 1 atom stereocenters. The van der Waals surface area contributed by atoms with Crippen LogP contribution in [0, 0.1) is 5.41 Å². The maximum absolute atomic E-state index is 3.97. The van der Waals surface area contributed by atoms with Gasteiger partial charge in [-0.25, -0.2) is 0 Å². The third-order valence-electron chi connectivity index (χ3n) is 1.92. The minimum atomic E-state index is 0.222. The van der Waals surface area contributed by atoms with E-state index in [0.29, 0.717) is 0 Å². The molecule has 76 valence electrons. The Bertz CT molecular complexity index is 199. The zero-order chi connectivity index (χ0) is 10.5. The first-order valence-electron chi connectivity index (χ1n) is 4.85. The van der Waals surface area contributed by atoms with Crippen molar-refractivity contribution in [2.75, 3.05) is 13.6 Å². The molecule has 0 fully saturated rings. The summed E-state index contributed by atoms with van der Waals surface area (Å²) in [4.78, 5) is 0. The molecule has 0 aromatic rings. The molecule has 1 nitrogen and oxygen atoms in total. The Labute approximate surface area is 82.9 Å². The van der Waals surface area contributed by atoms with Crippen LogP contribution in [0.3, 0.4) is 0 Å². The minimum absolute atomic E-state index is 0.222. The second-order valence-electron chi connectivity index (χ2n) is 4.54. The van der Waals surface area contributed by atoms with Gasteiger partial charge in [-0.3, -0.25) is 0 Å². The number of hydrogen-bond donors (Lipinski definition) is 1. The highest BCUT2D eigenvalue weighted by atomic mass is 14.8. The quantitative estimate of drug-likeness (QED) is 0.642. The summed E-state index contributed by atoms with van der Waals surface area (Å²) in [5, 5.41) is 3.23. The summed E-state index contributed by atoms with van der Waals surface area (Å²) >= 11 is 0. The van der Waals surface area contributed by atoms with Gasteiger partial charge in [0.2, 0.25) is 0 Å². The lowest BCUT2D eigenvalue weighted by Crippen LogP contribution is -2.28. The van der Waals surface area contributed by atoms with Crippen molar-refractivity contribution in [3.63, 3.8) is 0 Å². The standard InChI is InChI=1S/C12H23N/c1-10(2)7-12(5,9-13-6)8-11(3)4/h8,13H,1,7,9H2,2-6H3. The lowest BCUT2D eigenvalue weighted by atomic mass is 9.82. The monoisotopic (exact) mass is 181 g/mol. The van der Waals surface area contributed by atoms with Crippen molar-refractivity contribution in [2.24, 2.45) is 5.41 Å². The molecule has 1 unspecified atom stereocenters. The first kappa shape index (κ1) is 12.4. The van der Waals surface area contributed by atoms with Crippen molar-refractivity contribution in [1.82, 2.24) is 5.32 Å². The van der Waals surface area contributed by atoms with E-state index in [1.165, 1.54) is 11.1 Å². The van der Waals surface area contributed by atoms with Gasteiger partial charge < -0.3 is 5.32 Å². The summed E-state index contributed by atoms with van der Waals surface area (Å²) < 4.78 is 0. The van der Waals surface area contributed by atoms with Gasteiger partial charge in [0.25, 0.3) is 0 Å². The van der Waals surface area contributed by atoms with Gasteiger partial charge in [0.05, 0.1) is 0 Å². The van der Waals surface area contributed by atoms with Crippen molar-refractivity contribution in [1.29, 1.82) is 0 Å². The Morgan fingerprint density at radius 1 is 1.38 bits per heavy atom. The molecule has 0 spiro atoms. The zero-order valence-electron chi connectivity index (χ0n) is 9.70. The molecule has 0 aliphatic heterocycles. The molecule has 0 aromatic heterocycles. The van der Waals surface area contributed by atoms with E-state index in [1.54, 1.807) is 0 Å². The summed E-state index contributed by atoms with van der Waals surface area (Å²) in [7, 11) is 2.00. The summed E-state index contributed by atoms with van der Waals surface area (Å²) in [6.07, 6.45) is 3.39. The predicted octanol–water partition coefficient (Wildman–Crippen LogP) is 3.14. The highest BCUT2D eigenvalue weighted by Crippen LogP contribution is 2.27. The lowest BCUT2D eigenvalue weighted by Gasteiger charge is -2.26. The SMILES string of the molecule is C=C(C)CC(C)(C=C(C)C)CNC. The largest absolute Gasteiger partial charge is 0.319 e. The first-order valence-corrected chi connectivity index (χ1v) is 4.85. The molecule has 0 amide bonds. The van der Waals surface area contributed by atoms with Crippen LogP contribution in [0.1, 0.15) is 34.1 Å². The topological polar surface area (TPSA) is 12.0 Å². The van der Waals surface area contributed by atoms with Crippen molar-refractivity contribution in [2.45, 2.75) is 34.1 Å². The molecular formula is C12H23N. The van der Waals surface area contributed by atoms with E-state index in [1.807, 2.05) is 7.05 Å². The van der Waals surface area contributed by atoms with E-state index in [9.17, 15) is 0 Å². The highest BCUT2D eigenvalue weighted by molar-refractivity contribution is 5.09. The molecule has 0 bridgehead atoms. The Kier molecular flexibility index (Phi) is 5.01. The Balaban J connectivity index is 4.52. The first-order chi connectivity index (χ1) is 5.89. The maximum atomic E-state index is 3.97. The van der Waals surface area contributed by atoms with Crippen LogP contribution < -0.4 is 5.32 Å². The van der Waals surface area contributed by atoms with Crippen molar-refractivity contribution < 1.29 is 0 Å². The van der Waals surface area contributed by atoms with Crippen molar-refractivity contribution >= 4 is 0 Å². The Morgan fingerprint density at radius 2 is 1.92 bits per heavy atom. The molecule has 1 N–H and O–H groups in total. The van der Waals surface area contributed by atoms with Crippen LogP contribution in [0.2, 0.25) is 0 Å². The maximum Gasteiger partial charge on any atom is 0.00400 e. The van der Waals surface area contributed by atoms with Crippen LogP contribution in [-0.2, 0) is 0 Å². The van der Waals surface area contributed by atoms with Gasteiger partial charge in [0.15, 0.2) is 0 Å². The second-order valence-corrected chi connectivity index (χ2v) is 4.54. The van der Waals surface area contributed by atoms with Crippen LogP contribution in [-0.4, -0.2) is 13.6 Å².